The van der Waals surface area contributed by atoms with Gasteiger partial charge in [-0.1, -0.05) is 23.7 Å². The number of para-hydroxylation sites is 2. The predicted molar refractivity (Wildman–Crippen MR) is 109 cm³/mol. The number of nitrogens with zero attached hydrogens (tertiary/aromatic N) is 2. The number of carbonyl (C=O) groups is 1. The maximum atomic E-state index is 12.4. The average molecular weight is 405 g/mol. The topological polar surface area (TPSA) is 96.7 Å². The van der Waals surface area contributed by atoms with Crippen molar-refractivity contribution < 1.29 is 14.5 Å². The van der Waals surface area contributed by atoms with Crippen LogP contribution >= 0.6 is 11.6 Å². The van der Waals surface area contributed by atoms with Crippen LogP contribution in [0.15, 0.2) is 42.5 Å². The predicted octanol–water partition coefficient (Wildman–Crippen LogP) is 3.53. The molecule has 0 aliphatic carbocycles. The molecular formula is C19H21ClN4O4. The number of benzene rings is 2. The minimum atomic E-state index is -0.455. The maximum absolute atomic E-state index is 12.4. The molecular weight excluding hydrogens is 384 g/mol. The molecule has 0 spiro atoms. The average Bonchev–Trinajstić information content (AvgIpc) is 2.69. The van der Waals surface area contributed by atoms with Gasteiger partial charge >= 0.3 is 0 Å². The number of carbonyl (C=O) groups excluding carboxylic acids is 1. The Morgan fingerprint density at radius 1 is 1.18 bits per heavy atom. The molecule has 0 unspecified atom stereocenters. The Morgan fingerprint density at radius 3 is 2.68 bits per heavy atom. The molecule has 0 atom stereocenters. The number of nitrogens with one attached hydrogen (secondary N) is 2. The standard InChI is InChI=1S/C19H21ClN4O4/c20-14-5-6-17(23-9-11-28-12-10-23)16(13-14)22-19(25)7-8-21-15-3-1-2-4-18(15)24(26)27/h1-6,13,21H,7-12H2,(H,22,25). The largest absolute Gasteiger partial charge is 0.379 e. The second-order valence-corrected chi connectivity index (χ2v) is 6.70. The Morgan fingerprint density at radius 2 is 1.93 bits per heavy atom. The summed E-state index contributed by atoms with van der Waals surface area (Å²) in [6.07, 6.45) is 0.154. The van der Waals surface area contributed by atoms with Crippen LogP contribution in [0.1, 0.15) is 6.42 Å². The van der Waals surface area contributed by atoms with Gasteiger partial charge in [0, 0.05) is 37.1 Å². The Hall–Kier alpha value is -2.84. The highest BCUT2D eigenvalue weighted by atomic mass is 35.5. The van der Waals surface area contributed by atoms with Gasteiger partial charge in [0.05, 0.1) is 29.5 Å². The van der Waals surface area contributed by atoms with Crippen LogP contribution in [-0.4, -0.2) is 43.7 Å². The van der Waals surface area contributed by atoms with Crippen LogP contribution in [0.5, 0.6) is 0 Å². The number of hydrogen-bond acceptors (Lipinski definition) is 6. The first kappa shape index (κ1) is 19.9. The highest BCUT2D eigenvalue weighted by Gasteiger charge is 2.17. The second-order valence-electron chi connectivity index (χ2n) is 6.26. The smallest absolute Gasteiger partial charge is 0.292 e. The summed E-state index contributed by atoms with van der Waals surface area (Å²) in [5.41, 5.74) is 1.90. The van der Waals surface area contributed by atoms with Crippen LogP contribution in [0.4, 0.5) is 22.7 Å². The third-order valence-corrected chi connectivity index (χ3v) is 4.59. The number of hydrogen-bond donors (Lipinski definition) is 2. The van der Waals surface area contributed by atoms with Gasteiger partial charge in [0.1, 0.15) is 5.69 Å². The van der Waals surface area contributed by atoms with Crippen LogP contribution in [0, 0.1) is 10.1 Å². The minimum Gasteiger partial charge on any atom is -0.379 e. The van der Waals surface area contributed by atoms with E-state index in [0.717, 1.165) is 18.8 Å². The number of nitro benzene ring substituents is 1. The SMILES string of the molecule is O=C(CCNc1ccccc1[N+](=O)[O-])Nc1cc(Cl)ccc1N1CCOCC1. The van der Waals surface area contributed by atoms with E-state index in [1.807, 2.05) is 6.07 Å². The van der Waals surface area contributed by atoms with Crippen molar-refractivity contribution in [2.24, 2.45) is 0 Å². The van der Waals surface area contributed by atoms with Crippen molar-refractivity contribution in [1.82, 2.24) is 0 Å². The quantitative estimate of drug-likeness (QED) is 0.541. The highest BCUT2D eigenvalue weighted by Crippen LogP contribution is 2.30. The summed E-state index contributed by atoms with van der Waals surface area (Å²) in [6, 6.07) is 11.7. The third-order valence-electron chi connectivity index (χ3n) is 4.35. The van der Waals surface area contributed by atoms with Crippen molar-refractivity contribution in [3.63, 3.8) is 0 Å². The Balaban J connectivity index is 1.61. The van der Waals surface area contributed by atoms with E-state index in [4.69, 9.17) is 16.3 Å². The number of anilines is 3. The second kappa shape index (κ2) is 9.38. The molecule has 1 fully saturated rings. The van der Waals surface area contributed by atoms with Gasteiger partial charge in [-0.3, -0.25) is 14.9 Å². The zero-order valence-corrected chi connectivity index (χ0v) is 15.9. The fraction of sp³-hybridized carbons (Fsp3) is 0.316. The molecule has 28 heavy (non-hydrogen) atoms. The zero-order chi connectivity index (χ0) is 19.9. The molecule has 3 rings (SSSR count). The molecule has 1 saturated heterocycles. The molecule has 9 heteroatoms. The van der Waals surface area contributed by atoms with Crippen LogP contribution in [0.25, 0.3) is 0 Å². The molecule has 1 aliphatic rings. The zero-order valence-electron chi connectivity index (χ0n) is 15.2. The number of rotatable bonds is 7. The number of nitro groups is 1. The fourth-order valence-corrected chi connectivity index (χ4v) is 3.17. The van der Waals surface area contributed by atoms with Crippen molar-refractivity contribution in [3.05, 3.63) is 57.6 Å². The van der Waals surface area contributed by atoms with Crippen molar-refractivity contribution in [2.75, 3.05) is 48.4 Å². The van der Waals surface area contributed by atoms with Crippen LogP contribution < -0.4 is 15.5 Å². The van der Waals surface area contributed by atoms with Gasteiger partial charge in [-0.2, -0.15) is 0 Å². The number of ether oxygens (including phenoxy) is 1. The Kier molecular flexibility index (Phi) is 6.67. The first-order chi connectivity index (χ1) is 13.5. The summed E-state index contributed by atoms with van der Waals surface area (Å²) in [6.45, 7) is 3.02. The molecule has 0 radical (unpaired) electrons. The summed E-state index contributed by atoms with van der Waals surface area (Å²) >= 11 is 6.10. The minimum absolute atomic E-state index is 0.0210. The van der Waals surface area contributed by atoms with E-state index < -0.39 is 4.92 Å². The molecule has 1 amide bonds. The lowest BCUT2D eigenvalue weighted by atomic mass is 10.2. The van der Waals surface area contributed by atoms with Crippen molar-refractivity contribution in [3.8, 4) is 0 Å². The molecule has 8 nitrogen and oxygen atoms in total. The van der Waals surface area contributed by atoms with Crippen molar-refractivity contribution in [2.45, 2.75) is 6.42 Å². The van der Waals surface area contributed by atoms with Gasteiger partial charge in [-0.05, 0) is 24.3 Å². The molecule has 0 saturated carbocycles. The van der Waals surface area contributed by atoms with Gasteiger partial charge in [0.25, 0.3) is 5.69 Å². The summed E-state index contributed by atoms with van der Waals surface area (Å²) in [5.74, 6) is -0.206. The summed E-state index contributed by atoms with van der Waals surface area (Å²) < 4.78 is 5.38. The molecule has 2 N–H and O–H groups in total. The third kappa shape index (κ3) is 5.11. The van der Waals surface area contributed by atoms with E-state index in [1.165, 1.54) is 6.07 Å². The molecule has 0 aromatic heterocycles. The summed E-state index contributed by atoms with van der Waals surface area (Å²) in [4.78, 5) is 25.1. The molecule has 1 aliphatic heterocycles. The maximum Gasteiger partial charge on any atom is 0.292 e. The molecule has 0 bridgehead atoms. The Labute approximate surface area is 167 Å². The molecule has 2 aromatic rings. The van der Waals surface area contributed by atoms with Crippen molar-refractivity contribution >= 4 is 40.3 Å². The van der Waals surface area contributed by atoms with Crippen LogP contribution in [0.3, 0.4) is 0 Å². The first-order valence-electron chi connectivity index (χ1n) is 8.94. The molecule has 2 aromatic carbocycles. The van der Waals surface area contributed by atoms with E-state index in [0.29, 0.717) is 29.6 Å². The van der Waals surface area contributed by atoms with Crippen LogP contribution in [0.2, 0.25) is 5.02 Å². The number of morpholine rings is 1. The van der Waals surface area contributed by atoms with Gasteiger partial charge in [0.15, 0.2) is 0 Å². The van der Waals surface area contributed by atoms with E-state index in [9.17, 15) is 14.9 Å². The lowest BCUT2D eigenvalue weighted by Gasteiger charge is -2.30. The van der Waals surface area contributed by atoms with E-state index in [1.54, 1.807) is 30.3 Å². The Bertz CT molecular complexity index is 856. The van der Waals surface area contributed by atoms with Gasteiger partial charge < -0.3 is 20.3 Å². The van der Waals surface area contributed by atoms with E-state index in [-0.39, 0.29) is 24.6 Å². The first-order valence-corrected chi connectivity index (χ1v) is 9.32. The fourth-order valence-electron chi connectivity index (χ4n) is 2.99. The normalized spacial score (nSPS) is 13.8. The molecule has 148 valence electrons. The monoisotopic (exact) mass is 404 g/mol. The van der Waals surface area contributed by atoms with Gasteiger partial charge in [-0.25, -0.2) is 0 Å². The highest BCUT2D eigenvalue weighted by molar-refractivity contribution is 6.31. The van der Waals surface area contributed by atoms with E-state index in [2.05, 4.69) is 15.5 Å². The van der Waals surface area contributed by atoms with Gasteiger partial charge in [0.2, 0.25) is 5.91 Å². The van der Waals surface area contributed by atoms with Gasteiger partial charge in [-0.15, -0.1) is 0 Å². The summed E-state index contributed by atoms with van der Waals surface area (Å²) in [5, 5.41) is 17.4. The van der Waals surface area contributed by atoms with Crippen LogP contribution in [-0.2, 0) is 9.53 Å². The molecule has 1 heterocycles. The number of halogens is 1. The number of amides is 1. The van der Waals surface area contributed by atoms with E-state index >= 15 is 0 Å². The lowest BCUT2D eigenvalue weighted by Crippen LogP contribution is -2.36. The lowest BCUT2D eigenvalue weighted by molar-refractivity contribution is -0.384. The van der Waals surface area contributed by atoms with Crippen molar-refractivity contribution in [1.29, 1.82) is 0 Å². The summed E-state index contributed by atoms with van der Waals surface area (Å²) in [7, 11) is 0.